The molecule has 2 rings (SSSR count). The summed E-state index contributed by atoms with van der Waals surface area (Å²) in [5.41, 5.74) is 0.938. The fraction of sp³-hybridized carbons (Fsp3) is 0.143. The van der Waals surface area contributed by atoms with E-state index in [9.17, 15) is 9.59 Å². The van der Waals surface area contributed by atoms with Crippen molar-refractivity contribution in [3.8, 4) is 0 Å². The average Bonchev–Trinajstić information content (AvgIpc) is 2.86. The van der Waals surface area contributed by atoms with Crippen molar-refractivity contribution in [2.75, 3.05) is 5.32 Å². The first-order chi connectivity index (χ1) is 9.97. The van der Waals surface area contributed by atoms with Crippen LogP contribution in [0.4, 0.5) is 9.80 Å². The highest BCUT2D eigenvalue weighted by Gasteiger charge is 2.15. The first-order valence-electron chi connectivity index (χ1n) is 6.11. The van der Waals surface area contributed by atoms with Gasteiger partial charge in [0.05, 0.1) is 11.6 Å². The molecule has 2 amide bonds. The number of amides is 2. The largest absolute Gasteiger partial charge is 0.478 e. The fourth-order valence-corrected chi connectivity index (χ4v) is 2.74. The van der Waals surface area contributed by atoms with E-state index >= 15 is 0 Å². The minimum atomic E-state index is -1.07. The zero-order chi connectivity index (χ0) is 15.4. The van der Waals surface area contributed by atoms with Crippen LogP contribution in [0, 0.1) is 0 Å². The molecule has 7 heteroatoms. The van der Waals surface area contributed by atoms with Gasteiger partial charge in [0.15, 0.2) is 0 Å². The number of rotatable bonds is 4. The van der Waals surface area contributed by atoms with E-state index in [1.165, 1.54) is 6.07 Å². The summed E-state index contributed by atoms with van der Waals surface area (Å²) < 4.78 is 0. The van der Waals surface area contributed by atoms with Crippen molar-refractivity contribution in [2.45, 2.75) is 13.0 Å². The smallest absolute Gasteiger partial charge is 0.338 e. The Labute approximate surface area is 130 Å². The molecule has 110 valence electrons. The van der Waals surface area contributed by atoms with Gasteiger partial charge in [0.1, 0.15) is 5.00 Å². The monoisotopic (exact) mass is 324 g/mol. The van der Waals surface area contributed by atoms with E-state index in [2.05, 4.69) is 10.6 Å². The lowest BCUT2D eigenvalue weighted by Crippen LogP contribution is -2.31. The molecule has 0 fully saturated rings. The second-order valence-corrected chi connectivity index (χ2v) is 5.70. The van der Waals surface area contributed by atoms with Crippen molar-refractivity contribution < 1.29 is 14.7 Å². The Morgan fingerprint density at radius 3 is 2.76 bits per heavy atom. The molecule has 0 aliphatic carbocycles. The van der Waals surface area contributed by atoms with Crippen LogP contribution in [0.1, 0.15) is 28.9 Å². The Morgan fingerprint density at radius 1 is 1.33 bits per heavy atom. The van der Waals surface area contributed by atoms with Gasteiger partial charge < -0.3 is 10.4 Å². The van der Waals surface area contributed by atoms with E-state index in [4.69, 9.17) is 16.7 Å². The molecule has 3 N–H and O–H groups in total. The van der Waals surface area contributed by atoms with E-state index in [-0.39, 0.29) is 11.6 Å². The molecule has 1 heterocycles. The standard InChI is InChI=1S/C14H13ClN2O3S/c1-8(9-3-2-4-10(15)7-9)16-14(20)17-12-11(13(18)19)5-6-21-12/h2-8H,1H3,(H,18,19)(H2,16,17,20)/t8-/m1/s1. The lowest BCUT2D eigenvalue weighted by atomic mass is 10.1. The van der Waals surface area contributed by atoms with Gasteiger partial charge in [-0.15, -0.1) is 11.3 Å². The highest BCUT2D eigenvalue weighted by molar-refractivity contribution is 7.14. The molecular weight excluding hydrogens is 312 g/mol. The summed E-state index contributed by atoms with van der Waals surface area (Å²) >= 11 is 7.06. The molecule has 0 saturated carbocycles. The number of carbonyl (C=O) groups excluding carboxylic acids is 1. The van der Waals surface area contributed by atoms with E-state index < -0.39 is 12.0 Å². The van der Waals surface area contributed by atoms with Gasteiger partial charge in [0, 0.05) is 5.02 Å². The summed E-state index contributed by atoms with van der Waals surface area (Å²) in [5, 5.41) is 16.8. The van der Waals surface area contributed by atoms with Crippen LogP contribution in [-0.2, 0) is 0 Å². The predicted molar refractivity (Wildman–Crippen MR) is 83.3 cm³/mol. The Balaban J connectivity index is 2.01. The summed E-state index contributed by atoms with van der Waals surface area (Å²) in [6, 6.07) is 7.90. The van der Waals surface area contributed by atoms with Crippen LogP contribution in [0.25, 0.3) is 0 Å². The average molecular weight is 325 g/mol. The van der Waals surface area contributed by atoms with Crippen molar-refractivity contribution in [1.29, 1.82) is 0 Å². The maximum absolute atomic E-state index is 11.9. The number of halogens is 1. The number of aromatic carboxylic acids is 1. The summed E-state index contributed by atoms with van der Waals surface area (Å²) in [6.07, 6.45) is 0. The second kappa shape index (κ2) is 6.60. The van der Waals surface area contributed by atoms with Gasteiger partial charge in [0.25, 0.3) is 0 Å². The van der Waals surface area contributed by atoms with Gasteiger partial charge in [-0.1, -0.05) is 23.7 Å². The van der Waals surface area contributed by atoms with Gasteiger partial charge in [-0.05, 0) is 36.1 Å². The van der Waals surface area contributed by atoms with Crippen LogP contribution in [0.2, 0.25) is 5.02 Å². The number of hydrogen-bond donors (Lipinski definition) is 3. The molecule has 0 aliphatic heterocycles. The maximum Gasteiger partial charge on any atom is 0.338 e. The van der Waals surface area contributed by atoms with Crippen molar-refractivity contribution >= 4 is 39.9 Å². The van der Waals surface area contributed by atoms with E-state index in [0.717, 1.165) is 16.9 Å². The quantitative estimate of drug-likeness (QED) is 0.796. The zero-order valence-electron chi connectivity index (χ0n) is 11.1. The molecule has 5 nitrogen and oxygen atoms in total. The first-order valence-corrected chi connectivity index (χ1v) is 7.37. The molecule has 2 aromatic rings. The number of carbonyl (C=O) groups is 2. The van der Waals surface area contributed by atoms with Gasteiger partial charge in [-0.25, -0.2) is 9.59 Å². The normalized spacial score (nSPS) is 11.7. The zero-order valence-corrected chi connectivity index (χ0v) is 12.7. The Bertz CT molecular complexity index is 672. The lowest BCUT2D eigenvalue weighted by molar-refractivity contribution is 0.0698. The van der Waals surface area contributed by atoms with Crippen LogP contribution in [-0.4, -0.2) is 17.1 Å². The topological polar surface area (TPSA) is 78.4 Å². The van der Waals surface area contributed by atoms with Crippen LogP contribution >= 0.6 is 22.9 Å². The van der Waals surface area contributed by atoms with E-state index in [1.54, 1.807) is 23.6 Å². The third-order valence-corrected chi connectivity index (χ3v) is 3.88. The van der Waals surface area contributed by atoms with Crippen molar-refractivity contribution in [3.63, 3.8) is 0 Å². The van der Waals surface area contributed by atoms with Crippen LogP contribution < -0.4 is 10.6 Å². The van der Waals surface area contributed by atoms with E-state index in [0.29, 0.717) is 10.0 Å². The third kappa shape index (κ3) is 3.96. The number of carboxylic acid groups (broad SMARTS) is 1. The summed E-state index contributed by atoms with van der Waals surface area (Å²) in [4.78, 5) is 22.9. The molecule has 0 bridgehead atoms. The minimum absolute atomic E-state index is 0.0746. The van der Waals surface area contributed by atoms with Crippen LogP contribution in [0.15, 0.2) is 35.7 Å². The van der Waals surface area contributed by atoms with E-state index in [1.807, 2.05) is 13.0 Å². The molecule has 0 unspecified atom stereocenters. The first kappa shape index (κ1) is 15.3. The number of nitrogens with one attached hydrogen (secondary N) is 2. The number of urea groups is 1. The number of hydrogen-bond acceptors (Lipinski definition) is 3. The maximum atomic E-state index is 11.9. The van der Waals surface area contributed by atoms with Crippen LogP contribution in [0.3, 0.4) is 0 Å². The van der Waals surface area contributed by atoms with Crippen molar-refractivity contribution in [2.24, 2.45) is 0 Å². The molecule has 0 saturated heterocycles. The molecule has 1 aromatic heterocycles. The molecule has 21 heavy (non-hydrogen) atoms. The summed E-state index contributed by atoms with van der Waals surface area (Å²) in [6.45, 7) is 1.82. The minimum Gasteiger partial charge on any atom is -0.478 e. The summed E-state index contributed by atoms with van der Waals surface area (Å²) in [7, 11) is 0. The number of carboxylic acids is 1. The highest BCUT2D eigenvalue weighted by Crippen LogP contribution is 2.23. The highest BCUT2D eigenvalue weighted by atomic mass is 35.5. The molecule has 1 aromatic carbocycles. The van der Waals surface area contributed by atoms with Crippen molar-refractivity contribution in [1.82, 2.24) is 5.32 Å². The molecule has 0 radical (unpaired) electrons. The fourth-order valence-electron chi connectivity index (χ4n) is 1.77. The van der Waals surface area contributed by atoms with Gasteiger partial charge in [-0.2, -0.15) is 0 Å². The number of anilines is 1. The lowest BCUT2D eigenvalue weighted by Gasteiger charge is -2.15. The molecular formula is C14H13ClN2O3S. The molecule has 0 aliphatic rings. The Hall–Kier alpha value is -2.05. The molecule has 0 spiro atoms. The predicted octanol–water partition coefficient (Wildman–Crippen LogP) is 3.98. The SMILES string of the molecule is C[C@@H](NC(=O)Nc1sccc1C(=O)O)c1cccc(Cl)c1. The van der Waals surface area contributed by atoms with Gasteiger partial charge >= 0.3 is 12.0 Å². The number of benzene rings is 1. The second-order valence-electron chi connectivity index (χ2n) is 4.34. The number of thiophene rings is 1. The van der Waals surface area contributed by atoms with Crippen molar-refractivity contribution in [3.05, 3.63) is 51.9 Å². The van der Waals surface area contributed by atoms with Gasteiger partial charge in [-0.3, -0.25) is 5.32 Å². The molecule has 1 atom stereocenters. The van der Waals surface area contributed by atoms with Crippen LogP contribution in [0.5, 0.6) is 0 Å². The summed E-state index contributed by atoms with van der Waals surface area (Å²) in [5.74, 6) is -1.07. The van der Waals surface area contributed by atoms with Gasteiger partial charge in [0.2, 0.25) is 0 Å². The Kier molecular flexibility index (Phi) is 4.82. The Morgan fingerprint density at radius 2 is 2.10 bits per heavy atom. The third-order valence-electron chi connectivity index (χ3n) is 2.82.